The Bertz CT molecular complexity index is 747. The van der Waals surface area contributed by atoms with E-state index < -0.39 is 41.3 Å². The molecule has 156 valence electrons. The molecule has 0 saturated carbocycles. The van der Waals surface area contributed by atoms with Gasteiger partial charge < -0.3 is 15.4 Å². The fourth-order valence-electron chi connectivity index (χ4n) is 3.00. The lowest BCUT2D eigenvalue weighted by molar-refractivity contribution is -0.275. The third kappa shape index (κ3) is 5.82. The van der Waals surface area contributed by atoms with Crippen LogP contribution in [0.1, 0.15) is 45.7 Å². The molecule has 0 radical (unpaired) electrons. The van der Waals surface area contributed by atoms with E-state index in [4.69, 9.17) is 0 Å². The van der Waals surface area contributed by atoms with Crippen LogP contribution in [0.15, 0.2) is 18.2 Å². The number of hydrogen-bond donors (Lipinski definition) is 3. The smallest absolute Gasteiger partial charge is 0.403 e. The summed E-state index contributed by atoms with van der Waals surface area (Å²) in [6, 6.07) is 1.56. The number of ether oxygens (including phenoxy) is 1. The van der Waals surface area contributed by atoms with Gasteiger partial charge in [0.05, 0.1) is 24.7 Å². The van der Waals surface area contributed by atoms with Crippen LogP contribution < -0.4 is 20.7 Å². The monoisotopic (exact) mass is 405 g/mol. The molecule has 0 spiro atoms. The number of benzene rings is 1. The molecule has 0 aromatic heterocycles. The maximum Gasteiger partial charge on any atom is 0.573 e. The van der Waals surface area contributed by atoms with Crippen molar-refractivity contribution in [3.63, 3.8) is 0 Å². The number of halogens is 4. The molecular weight excluding hydrogens is 382 g/mol. The quantitative estimate of drug-likeness (QED) is 0.673. The van der Waals surface area contributed by atoms with Crippen molar-refractivity contribution in [3.8, 4) is 5.75 Å². The summed E-state index contributed by atoms with van der Waals surface area (Å²) in [5.41, 5.74) is -0.307. The average Bonchev–Trinajstić information content (AvgIpc) is 2.51. The van der Waals surface area contributed by atoms with Gasteiger partial charge in [-0.15, -0.1) is 13.2 Å². The van der Waals surface area contributed by atoms with E-state index in [1.165, 1.54) is 6.07 Å². The number of rotatable bonds is 4. The van der Waals surface area contributed by atoms with Crippen LogP contribution in [0.4, 0.5) is 17.6 Å². The molecule has 1 saturated heterocycles. The summed E-state index contributed by atoms with van der Waals surface area (Å²) < 4.78 is 54.7. The lowest BCUT2D eigenvalue weighted by atomic mass is 9.82. The molecule has 3 N–H and O–H groups in total. The fraction of sp³-hybridized carbons (Fsp3) is 0.556. The van der Waals surface area contributed by atoms with Gasteiger partial charge in [0.1, 0.15) is 0 Å². The summed E-state index contributed by atoms with van der Waals surface area (Å²) in [6.07, 6.45) is -5.45. The van der Waals surface area contributed by atoms with Crippen LogP contribution in [0.3, 0.4) is 0 Å². The second-order valence-corrected chi connectivity index (χ2v) is 7.76. The third-order valence-electron chi connectivity index (χ3n) is 4.20. The Morgan fingerprint density at radius 3 is 2.43 bits per heavy atom. The minimum absolute atomic E-state index is 0.0558. The molecule has 1 heterocycles. The van der Waals surface area contributed by atoms with Gasteiger partial charge in [-0.05, 0) is 30.0 Å². The van der Waals surface area contributed by atoms with Crippen LogP contribution in [0.5, 0.6) is 5.75 Å². The Morgan fingerprint density at radius 2 is 1.93 bits per heavy atom. The molecule has 1 aliphatic rings. The van der Waals surface area contributed by atoms with Crippen molar-refractivity contribution in [2.24, 2.45) is 5.41 Å². The lowest BCUT2D eigenvalue weighted by Gasteiger charge is -2.35. The van der Waals surface area contributed by atoms with Crippen molar-refractivity contribution >= 4 is 11.8 Å². The number of carbonyl (C=O) groups excluding carboxylic acids is 2. The van der Waals surface area contributed by atoms with Gasteiger partial charge in [0.2, 0.25) is 11.8 Å². The zero-order chi connectivity index (χ0) is 21.3. The third-order valence-corrected chi connectivity index (χ3v) is 4.20. The zero-order valence-corrected chi connectivity index (χ0v) is 15.9. The highest BCUT2D eigenvalue weighted by Gasteiger charge is 2.35. The first-order chi connectivity index (χ1) is 12.8. The normalized spacial score (nSPS) is 21.6. The minimum atomic E-state index is -5.01. The number of amides is 2. The van der Waals surface area contributed by atoms with E-state index >= 15 is 0 Å². The van der Waals surface area contributed by atoms with E-state index in [0.29, 0.717) is 0 Å². The summed E-state index contributed by atoms with van der Waals surface area (Å²) in [7, 11) is 0. The second kappa shape index (κ2) is 7.94. The molecule has 1 fully saturated rings. The second-order valence-electron chi connectivity index (χ2n) is 7.76. The molecular formula is C18H23F4N3O3. The highest BCUT2D eigenvalue weighted by molar-refractivity contribution is 5.89. The van der Waals surface area contributed by atoms with Crippen LogP contribution in [-0.2, 0) is 9.59 Å². The summed E-state index contributed by atoms with van der Waals surface area (Å²) >= 11 is 0. The van der Waals surface area contributed by atoms with Crippen molar-refractivity contribution in [2.75, 3.05) is 0 Å². The first-order valence-electron chi connectivity index (χ1n) is 8.67. The number of nitrogens with one attached hydrogen (secondary N) is 3. The fourth-order valence-corrected chi connectivity index (χ4v) is 3.00. The Kier molecular flexibility index (Phi) is 6.22. The van der Waals surface area contributed by atoms with E-state index in [1.54, 1.807) is 27.7 Å². The topological polar surface area (TPSA) is 79.5 Å². The van der Waals surface area contributed by atoms with Gasteiger partial charge >= 0.3 is 6.36 Å². The van der Waals surface area contributed by atoms with Crippen molar-refractivity contribution in [1.29, 1.82) is 0 Å². The van der Waals surface area contributed by atoms with E-state index in [0.717, 1.165) is 12.1 Å². The summed E-state index contributed by atoms with van der Waals surface area (Å²) in [5.74, 6) is -2.88. The number of hydrogen-bond acceptors (Lipinski definition) is 4. The standard InChI is InChI=1S/C18H23F4N3O3/c1-9-23-12(8-14(26)24-9)16(27)25-15(17(2,3)4)10-5-6-13(11(19)7-10)28-18(20,21)22/h5-7,9,12,15,23H,8H2,1-4H3,(H,24,26)(H,25,27)/t9?,12?,15-/m0/s1. The number of alkyl halides is 3. The zero-order valence-electron chi connectivity index (χ0n) is 15.9. The summed E-state index contributed by atoms with van der Waals surface area (Å²) in [5, 5.41) is 8.33. The largest absolute Gasteiger partial charge is 0.573 e. The molecule has 1 aromatic rings. The van der Waals surface area contributed by atoms with E-state index in [1.807, 2.05) is 0 Å². The maximum absolute atomic E-state index is 14.1. The van der Waals surface area contributed by atoms with Gasteiger partial charge in [-0.3, -0.25) is 14.9 Å². The van der Waals surface area contributed by atoms with Crippen LogP contribution in [0, 0.1) is 11.2 Å². The Hall–Kier alpha value is -2.36. The molecule has 1 aliphatic heterocycles. The minimum Gasteiger partial charge on any atom is -0.403 e. The Labute approximate surface area is 160 Å². The predicted octanol–water partition coefficient (Wildman–Crippen LogP) is 2.75. The molecule has 6 nitrogen and oxygen atoms in total. The van der Waals surface area contributed by atoms with E-state index in [9.17, 15) is 27.2 Å². The summed E-state index contributed by atoms with van der Waals surface area (Å²) in [4.78, 5) is 24.3. The molecule has 2 amide bonds. The number of carbonyl (C=O) groups is 2. The van der Waals surface area contributed by atoms with E-state index in [2.05, 4.69) is 20.7 Å². The van der Waals surface area contributed by atoms with Crippen LogP contribution in [-0.4, -0.2) is 30.4 Å². The first-order valence-corrected chi connectivity index (χ1v) is 8.67. The van der Waals surface area contributed by atoms with Crippen LogP contribution in [0.2, 0.25) is 0 Å². The Balaban J connectivity index is 2.23. The first kappa shape index (κ1) is 21.9. The lowest BCUT2D eigenvalue weighted by Crippen LogP contribution is -2.60. The van der Waals surface area contributed by atoms with Gasteiger partial charge in [-0.1, -0.05) is 26.8 Å². The maximum atomic E-state index is 14.1. The SMILES string of the molecule is CC1NC(=O)CC(C(=O)N[C@@H](c2ccc(OC(F)(F)F)c(F)c2)C(C)(C)C)N1. The average molecular weight is 405 g/mol. The van der Waals surface area contributed by atoms with Gasteiger partial charge in [0.15, 0.2) is 11.6 Å². The summed E-state index contributed by atoms with van der Waals surface area (Å²) in [6.45, 7) is 7.06. The Morgan fingerprint density at radius 1 is 1.29 bits per heavy atom. The van der Waals surface area contributed by atoms with E-state index in [-0.39, 0.29) is 24.1 Å². The molecule has 2 unspecified atom stereocenters. The molecule has 28 heavy (non-hydrogen) atoms. The predicted molar refractivity (Wildman–Crippen MR) is 92.6 cm³/mol. The van der Waals surface area contributed by atoms with Gasteiger partial charge in [0.25, 0.3) is 0 Å². The molecule has 0 bridgehead atoms. The molecule has 0 aliphatic carbocycles. The highest BCUT2D eigenvalue weighted by atomic mass is 19.4. The van der Waals surface area contributed by atoms with Crippen molar-refractivity contribution in [3.05, 3.63) is 29.6 Å². The van der Waals surface area contributed by atoms with Gasteiger partial charge in [0, 0.05) is 0 Å². The van der Waals surface area contributed by atoms with Crippen molar-refractivity contribution in [2.45, 2.75) is 58.7 Å². The molecule has 1 aromatic carbocycles. The highest BCUT2D eigenvalue weighted by Crippen LogP contribution is 2.35. The van der Waals surface area contributed by atoms with Crippen LogP contribution >= 0.6 is 0 Å². The van der Waals surface area contributed by atoms with Crippen molar-refractivity contribution in [1.82, 2.24) is 16.0 Å². The van der Waals surface area contributed by atoms with Gasteiger partial charge in [-0.2, -0.15) is 0 Å². The van der Waals surface area contributed by atoms with Gasteiger partial charge in [-0.25, -0.2) is 4.39 Å². The van der Waals surface area contributed by atoms with Crippen LogP contribution in [0.25, 0.3) is 0 Å². The molecule has 2 rings (SSSR count). The van der Waals surface area contributed by atoms with Crippen molar-refractivity contribution < 1.29 is 31.9 Å². The molecule has 10 heteroatoms. The molecule has 3 atom stereocenters.